The van der Waals surface area contributed by atoms with E-state index in [1.807, 2.05) is 6.92 Å². The fourth-order valence-electron chi connectivity index (χ4n) is 1.14. The lowest BCUT2D eigenvalue weighted by Gasteiger charge is -2.06. The van der Waals surface area contributed by atoms with Gasteiger partial charge < -0.3 is 0 Å². The summed E-state index contributed by atoms with van der Waals surface area (Å²) in [6.07, 6.45) is 2.53. The molecular formula is C9H19BrO2S. The number of hydrogen-bond acceptors (Lipinski definition) is 2. The van der Waals surface area contributed by atoms with Crippen LogP contribution in [0.5, 0.6) is 0 Å². The lowest BCUT2D eigenvalue weighted by Crippen LogP contribution is -2.11. The molecule has 0 spiro atoms. The van der Waals surface area contributed by atoms with Gasteiger partial charge in [0, 0.05) is 11.1 Å². The molecule has 0 aromatic carbocycles. The minimum absolute atomic E-state index is 0.343. The van der Waals surface area contributed by atoms with Crippen molar-refractivity contribution in [2.24, 2.45) is 5.92 Å². The number of hydrogen-bond donors (Lipinski definition) is 0. The highest BCUT2D eigenvalue weighted by atomic mass is 79.9. The molecule has 0 rings (SSSR count). The molecule has 0 aromatic rings. The van der Waals surface area contributed by atoms with Crippen molar-refractivity contribution in [3.63, 3.8) is 0 Å². The molecular weight excluding hydrogens is 252 g/mol. The average Bonchev–Trinajstić information content (AvgIpc) is 2.03. The molecule has 0 bridgehead atoms. The normalized spacial score (nSPS) is 14.4. The van der Waals surface area contributed by atoms with Gasteiger partial charge in [0.25, 0.3) is 0 Å². The summed E-state index contributed by atoms with van der Waals surface area (Å²) in [6.45, 7) is 4.03. The number of sulfone groups is 1. The molecule has 13 heavy (non-hydrogen) atoms. The van der Waals surface area contributed by atoms with Crippen molar-refractivity contribution in [1.82, 2.24) is 0 Å². The van der Waals surface area contributed by atoms with Crippen LogP contribution < -0.4 is 0 Å². The molecule has 0 fully saturated rings. The molecule has 0 amide bonds. The van der Waals surface area contributed by atoms with Gasteiger partial charge in [-0.25, -0.2) is 8.42 Å². The van der Waals surface area contributed by atoms with E-state index < -0.39 is 9.84 Å². The van der Waals surface area contributed by atoms with Crippen molar-refractivity contribution in [2.75, 3.05) is 16.8 Å². The predicted molar refractivity (Wildman–Crippen MR) is 61.1 cm³/mol. The molecule has 0 aliphatic rings. The van der Waals surface area contributed by atoms with Crippen LogP contribution in [-0.2, 0) is 9.84 Å². The molecule has 1 unspecified atom stereocenters. The molecule has 4 heteroatoms. The van der Waals surface area contributed by atoms with Crippen LogP contribution in [0.15, 0.2) is 0 Å². The summed E-state index contributed by atoms with van der Waals surface area (Å²) in [6, 6.07) is 0. The zero-order valence-electron chi connectivity index (χ0n) is 8.42. The summed E-state index contributed by atoms with van der Waals surface area (Å²) in [7, 11) is -2.75. The highest BCUT2D eigenvalue weighted by Gasteiger charge is 2.09. The fourth-order valence-corrected chi connectivity index (χ4v) is 2.90. The van der Waals surface area contributed by atoms with Crippen LogP contribution in [0.4, 0.5) is 0 Å². The first kappa shape index (κ1) is 13.4. The van der Waals surface area contributed by atoms with Crippen LogP contribution in [-0.4, -0.2) is 25.3 Å². The maximum atomic E-state index is 11.3. The topological polar surface area (TPSA) is 34.1 Å². The highest BCUT2D eigenvalue weighted by Crippen LogP contribution is 2.10. The Morgan fingerprint density at radius 3 is 2.38 bits per heavy atom. The van der Waals surface area contributed by atoms with Gasteiger partial charge in [0.15, 0.2) is 0 Å². The van der Waals surface area contributed by atoms with Crippen molar-refractivity contribution in [1.29, 1.82) is 0 Å². The molecule has 0 aliphatic heterocycles. The summed E-state index contributed by atoms with van der Waals surface area (Å²) in [5, 5.41) is 0.959. The van der Waals surface area contributed by atoms with Crippen molar-refractivity contribution in [3.05, 3.63) is 0 Å². The lowest BCUT2D eigenvalue weighted by atomic mass is 10.1. The van der Waals surface area contributed by atoms with Crippen LogP contribution in [0.2, 0.25) is 0 Å². The van der Waals surface area contributed by atoms with Gasteiger partial charge >= 0.3 is 0 Å². The third kappa shape index (κ3) is 7.50. The van der Waals surface area contributed by atoms with Gasteiger partial charge in [-0.2, -0.15) is 0 Å². The van der Waals surface area contributed by atoms with Gasteiger partial charge in [-0.1, -0.05) is 29.8 Å². The zero-order chi connectivity index (χ0) is 10.3. The second-order valence-corrected chi connectivity index (χ2v) is 6.50. The van der Waals surface area contributed by atoms with E-state index in [1.165, 1.54) is 0 Å². The summed E-state index contributed by atoms with van der Waals surface area (Å²) >= 11 is 3.38. The summed E-state index contributed by atoms with van der Waals surface area (Å²) in [5.74, 6) is 1.28. The lowest BCUT2D eigenvalue weighted by molar-refractivity contribution is 0.566. The van der Waals surface area contributed by atoms with Crippen molar-refractivity contribution in [2.45, 2.75) is 33.1 Å². The van der Waals surface area contributed by atoms with E-state index in [9.17, 15) is 8.42 Å². The Bertz CT molecular complexity index is 212. The number of rotatable bonds is 7. The molecule has 0 heterocycles. The molecule has 1 atom stereocenters. The summed E-state index contributed by atoms with van der Waals surface area (Å²) in [5.41, 5.74) is 0. The smallest absolute Gasteiger partial charge is 0.150 e. The van der Waals surface area contributed by atoms with Gasteiger partial charge in [-0.3, -0.25) is 0 Å². The van der Waals surface area contributed by atoms with Crippen LogP contribution in [0, 0.1) is 5.92 Å². The first-order valence-electron chi connectivity index (χ1n) is 4.78. The Morgan fingerprint density at radius 2 is 1.92 bits per heavy atom. The monoisotopic (exact) mass is 270 g/mol. The maximum absolute atomic E-state index is 11.3. The van der Waals surface area contributed by atoms with Crippen molar-refractivity contribution >= 4 is 25.8 Å². The molecule has 0 saturated heterocycles. The van der Waals surface area contributed by atoms with Crippen LogP contribution in [0.1, 0.15) is 33.1 Å². The Kier molecular flexibility index (Phi) is 7.05. The van der Waals surface area contributed by atoms with Gasteiger partial charge in [-0.05, 0) is 25.2 Å². The summed E-state index contributed by atoms with van der Waals surface area (Å²) in [4.78, 5) is 0. The van der Waals surface area contributed by atoms with E-state index in [0.29, 0.717) is 17.4 Å². The van der Waals surface area contributed by atoms with Gasteiger partial charge in [0.2, 0.25) is 0 Å². The van der Waals surface area contributed by atoms with Crippen LogP contribution in [0.3, 0.4) is 0 Å². The summed E-state index contributed by atoms with van der Waals surface area (Å²) < 4.78 is 22.6. The SMILES string of the molecule is CCCS(=O)(=O)CCCC(C)CBr. The maximum Gasteiger partial charge on any atom is 0.150 e. The molecule has 0 N–H and O–H groups in total. The van der Waals surface area contributed by atoms with Crippen molar-refractivity contribution in [3.8, 4) is 0 Å². The molecule has 2 nitrogen and oxygen atoms in total. The van der Waals surface area contributed by atoms with E-state index >= 15 is 0 Å². The fraction of sp³-hybridized carbons (Fsp3) is 1.00. The van der Waals surface area contributed by atoms with Crippen molar-refractivity contribution < 1.29 is 8.42 Å². The molecule has 0 radical (unpaired) electrons. The minimum atomic E-state index is -2.75. The number of alkyl halides is 1. The number of halogens is 1. The Labute approximate surface area is 90.2 Å². The van der Waals surface area contributed by atoms with E-state index in [0.717, 1.165) is 24.6 Å². The van der Waals surface area contributed by atoms with Gasteiger partial charge in [0.1, 0.15) is 9.84 Å². The molecule has 0 aromatic heterocycles. The first-order chi connectivity index (χ1) is 6.02. The third-order valence-electron chi connectivity index (χ3n) is 1.93. The highest BCUT2D eigenvalue weighted by molar-refractivity contribution is 9.09. The second-order valence-electron chi connectivity index (χ2n) is 3.55. The van der Waals surface area contributed by atoms with E-state index in [4.69, 9.17) is 0 Å². The zero-order valence-corrected chi connectivity index (χ0v) is 10.8. The van der Waals surface area contributed by atoms with E-state index in [2.05, 4.69) is 22.9 Å². The molecule has 0 aliphatic carbocycles. The molecule has 0 saturated carbocycles. The van der Waals surface area contributed by atoms with Crippen LogP contribution in [0.25, 0.3) is 0 Å². The largest absolute Gasteiger partial charge is 0.229 e. The van der Waals surface area contributed by atoms with Gasteiger partial charge in [0.05, 0.1) is 5.75 Å². The third-order valence-corrected chi connectivity index (χ3v) is 4.98. The first-order valence-corrected chi connectivity index (χ1v) is 7.72. The average molecular weight is 271 g/mol. The quantitative estimate of drug-likeness (QED) is 0.667. The predicted octanol–water partition coefficient (Wildman–Crippen LogP) is 2.62. The Morgan fingerprint density at radius 1 is 1.31 bits per heavy atom. The van der Waals surface area contributed by atoms with Gasteiger partial charge in [-0.15, -0.1) is 0 Å². The standard InChI is InChI=1S/C9H19BrO2S/c1-3-6-13(11,12)7-4-5-9(2)8-10/h9H,3-8H2,1-2H3. The molecule has 80 valence electrons. The van der Waals surface area contributed by atoms with Crippen LogP contribution >= 0.6 is 15.9 Å². The Balaban J connectivity index is 3.64. The second kappa shape index (κ2) is 6.82. The van der Waals surface area contributed by atoms with E-state index in [1.54, 1.807) is 0 Å². The minimum Gasteiger partial charge on any atom is -0.229 e. The van der Waals surface area contributed by atoms with E-state index in [-0.39, 0.29) is 0 Å². The Hall–Kier alpha value is 0.430.